The number of hydrogen-bond donors (Lipinski definition) is 1. The Hall–Kier alpha value is -2.89. The molecule has 0 bridgehead atoms. The van der Waals surface area contributed by atoms with E-state index in [0.29, 0.717) is 0 Å². The van der Waals surface area contributed by atoms with Gasteiger partial charge in [0.15, 0.2) is 0 Å². The van der Waals surface area contributed by atoms with Crippen LogP contribution in [0.2, 0.25) is 0 Å². The van der Waals surface area contributed by atoms with Crippen molar-refractivity contribution in [3.05, 3.63) is 69.6 Å². The number of nitrogens with zero attached hydrogens (tertiary/aromatic N) is 1. The fourth-order valence-corrected chi connectivity index (χ4v) is 2.31. The van der Waals surface area contributed by atoms with Crippen molar-refractivity contribution in [2.24, 2.45) is 0 Å². The predicted octanol–water partition coefficient (Wildman–Crippen LogP) is 1.60. The van der Waals surface area contributed by atoms with E-state index in [9.17, 15) is 14.4 Å². The van der Waals surface area contributed by atoms with Gasteiger partial charge in [-0.05, 0) is 18.6 Å². The van der Waals surface area contributed by atoms with Gasteiger partial charge in [0.25, 0.3) is 11.5 Å². The third-order valence-electron chi connectivity index (χ3n) is 3.63. The topological polar surface area (TPSA) is 77.4 Å². The second kappa shape index (κ2) is 6.91. The molecule has 2 rings (SSSR count). The van der Waals surface area contributed by atoms with Crippen molar-refractivity contribution in [2.45, 2.75) is 13.0 Å². The minimum Gasteiger partial charge on any atom is -0.465 e. The standard InChI is InChI=1S/C17H18N2O4/c1-11(12-7-5-4-6-8-12)19-10-13(17(22)23-3)9-14(16(19)21)15(20)18-2/h4-11H,1-3H3,(H,18,20)/t11-/m1/s1. The van der Waals surface area contributed by atoms with E-state index < -0.39 is 17.4 Å². The summed E-state index contributed by atoms with van der Waals surface area (Å²) in [5, 5.41) is 2.41. The Bertz CT molecular complexity index is 781. The molecule has 0 radical (unpaired) electrons. The zero-order chi connectivity index (χ0) is 17.0. The molecule has 1 aromatic carbocycles. The number of hydrogen-bond acceptors (Lipinski definition) is 4. The molecule has 0 saturated carbocycles. The van der Waals surface area contributed by atoms with Crippen LogP contribution < -0.4 is 10.9 Å². The second-order valence-corrected chi connectivity index (χ2v) is 5.01. The van der Waals surface area contributed by atoms with Gasteiger partial charge < -0.3 is 14.6 Å². The minimum atomic E-state index is -0.607. The van der Waals surface area contributed by atoms with Gasteiger partial charge in [-0.25, -0.2) is 4.79 Å². The largest absolute Gasteiger partial charge is 0.465 e. The summed E-state index contributed by atoms with van der Waals surface area (Å²) in [6.45, 7) is 1.82. The quantitative estimate of drug-likeness (QED) is 0.870. The van der Waals surface area contributed by atoms with Gasteiger partial charge in [-0.2, -0.15) is 0 Å². The van der Waals surface area contributed by atoms with Crippen molar-refractivity contribution in [3.63, 3.8) is 0 Å². The van der Waals surface area contributed by atoms with Gasteiger partial charge in [-0.15, -0.1) is 0 Å². The number of esters is 1. The number of benzene rings is 1. The number of carbonyl (C=O) groups excluding carboxylic acids is 2. The summed E-state index contributed by atoms with van der Waals surface area (Å²) in [6, 6.07) is 10.3. The maximum absolute atomic E-state index is 12.6. The lowest BCUT2D eigenvalue weighted by Crippen LogP contribution is -2.33. The molecule has 0 unspecified atom stereocenters. The number of carbonyl (C=O) groups is 2. The number of pyridine rings is 1. The molecule has 6 heteroatoms. The summed E-state index contributed by atoms with van der Waals surface area (Å²) in [6.07, 6.45) is 1.41. The number of ether oxygens (including phenoxy) is 1. The van der Waals surface area contributed by atoms with E-state index in [-0.39, 0.29) is 17.2 Å². The van der Waals surface area contributed by atoms with Crippen molar-refractivity contribution in [1.82, 2.24) is 9.88 Å². The number of amides is 1. The molecule has 1 amide bonds. The number of aromatic nitrogens is 1. The highest BCUT2D eigenvalue weighted by atomic mass is 16.5. The van der Waals surface area contributed by atoms with E-state index in [1.54, 1.807) is 0 Å². The molecule has 120 valence electrons. The zero-order valence-corrected chi connectivity index (χ0v) is 13.2. The molecule has 0 spiro atoms. The average molecular weight is 314 g/mol. The smallest absolute Gasteiger partial charge is 0.339 e. The molecule has 1 N–H and O–H groups in total. The fourth-order valence-electron chi connectivity index (χ4n) is 2.31. The van der Waals surface area contributed by atoms with Gasteiger partial charge in [-0.3, -0.25) is 9.59 Å². The highest BCUT2D eigenvalue weighted by Gasteiger charge is 2.20. The Morgan fingerprint density at radius 1 is 1.22 bits per heavy atom. The first-order chi connectivity index (χ1) is 11.0. The van der Waals surface area contributed by atoms with Crippen LogP contribution in [0.5, 0.6) is 0 Å². The Kier molecular flexibility index (Phi) is 4.95. The lowest BCUT2D eigenvalue weighted by atomic mass is 10.1. The number of methoxy groups -OCH3 is 1. The molecule has 6 nitrogen and oxygen atoms in total. The Balaban J connectivity index is 2.64. The van der Waals surface area contributed by atoms with Gasteiger partial charge in [0.1, 0.15) is 5.56 Å². The Labute approximate surface area is 133 Å². The van der Waals surface area contributed by atoms with Crippen LogP contribution in [-0.2, 0) is 4.74 Å². The summed E-state index contributed by atoms with van der Waals surface area (Å²) >= 11 is 0. The molecule has 0 aliphatic heterocycles. The van der Waals surface area contributed by atoms with Gasteiger partial charge in [-0.1, -0.05) is 30.3 Å². The van der Waals surface area contributed by atoms with Crippen LogP contribution in [0.15, 0.2) is 47.4 Å². The normalized spacial score (nSPS) is 11.6. The highest BCUT2D eigenvalue weighted by molar-refractivity contribution is 5.97. The van der Waals surface area contributed by atoms with E-state index in [4.69, 9.17) is 4.74 Å². The van der Waals surface area contributed by atoms with E-state index in [1.165, 1.54) is 31.0 Å². The fraction of sp³-hybridized carbons (Fsp3) is 0.235. The first-order valence-electron chi connectivity index (χ1n) is 7.11. The first-order valence-corrected chi connectivity index (χ1v) is 7.11. The molecule has 1 heterocycles. The van der Waals surface area contributed by atoms with Crippen LogP contribution in [0.25, 0.3) is 0 Å². The third kappa shape index (κ3) is 3.31. The Morgan fingerprint density at radius 2 is 1.87 bits per heavy atom. The zero-order valence-electron chi connectivity index (χ0n) is 13.2. The maximum Gasteiger partial charge on any atom is 0.339 e. The van der Waals surface area contributed by atoms with Crippen molar-refractivity contribution >= 4 is 11.9 Å². The second-order valence-electron chi connectivity index (χ2n) is 5.01. The summed E-state index contributed by atoms with van der Waals surface area (Å²) in [4.78, 5) is 36.4. The SMILES string of the molecule is CNC(=O)c1cc(C(=O)OC)cn([C@H](C)c2ccccc2)c1=O. The van der Waals surface area contributed by atoms with Gasteiger partial charge >= 0.3 is 5.97 Å². The molecule has 0 aliphatic carbocycles. The number of rotatable bonds is 4. The molecule has 2 aromatic rings. The van der Waals surface area contributed by atoms with Crippen molar-refractivity contribution in [1.29, 1.82) is 0 Å². The van der Waals surface area contributed by atoms with Crippen molar-refractivity contribution in [2.75, 3.05) is 14.2 Å². The van der Waals surface area contributed by atoms with Crippen LogP contribution in [0.4, 0.5) is 0 Å². The van der Waals surface area contributed by atoms with Crippen molar-refractivity contribution in [3.8, 4) is 0 Å². The molecule has 23 heavy (non-hydrogen) atoms. The van der Waals surface area contributed by atoms with E-state index in [1.807, 2.05) is 37.3 Å². The van der Waals surface area contributed by atoms with E-state index in [0.717, 1.165) is 5.56 Å². The summed E-state index contributed by atoms with van der Waals surface area (Å²) < 4.78 is 6.07. The first kappa shape index (κ1) is 16.5. The summed E-state index contributed by atoms with van der Waals surface area (Å²) in [5.41, 5.74) is 0.472. The average Bonchev–Trinajstić information content (AvgIpc) is 2.60. The summed E-state index contributed by atoms with van der Waals surface area (Å²) in [5.74, 6) is -1.15. The number of nitrogens with one attached hydrogen (secondary N) is 1. The maximum atomic E-state index is 12.6. The molecular formula is C17H18N2O4. The van der Waals surface area contributed by atoms with Gasteiger partial charge in [0.2, 0.25) is 0 Å². The lowest BCUT2D eigenvalue weighted by Gasteiger charge is -2.17. The molecule has 1 aromatic heterocycles. The lowest BCUT2D eigenvalue weighted by molar-refractivity contribution is 0.0599. The Morgan fingerprint density at radius 3 is 2.43 bits per heavy atom. The van der Waals surface area contributed by atoms with Crippen molar-refractivity contribution < 1.29 is 14.3 Å². The molecular weight excluding hydrogens is 296 g/mol. The predicted molar refractivity (Wildman–Crippen MR) is 85.7 cm³/mol. The van der Waals surface area contributed by atoms with Gasteiger partial charge in [0.05, 0.1) is 18.7 Å². The van der Waals surface area contributed by atoms with Crippen LogP contribution >= 0.6 is 0 Å². The van der Waals surface area contributed by atoms with E-state index in [2.05, 4.69) is 5.32 Å². The van der Waals surface area contributed by atoms with Crippen LogP contribution in [0, 0.1) is 0 Å². The molecule has 1 atom stereocenters. The third-order valence-corrected chi connectivity index (χ3v) is 3.63. The molecule has 0 aliphatic rings. The molecule has 0 fully saturated rings. The summed E-state index contributed by atoms with van der Waals surface area (Å²) in [7, 11) is 2.68. The van der Waals surface area contributed by atoms with Crippen LogP contribution in [0.1, 0.15) is 39.2 Å². The van der Waals surface area contributed by atoms with Crippen LogP contribution in [0.3, 0.4) is 0 Å². The minimum absolute atomic E-state index is 0.0989. The monoisotopic (exact) mass is 314 g/mol. The molecule has 0 saturated heterocycles. The van der Waals surface area contributed by atoms with Crippen LogP contribution in [-0.4, -0.2) is 30.6 Å². The van der Waals surface area contributed by atoms with E-state index >= 15 is 0 Å². The van der Waals surface area contributed by atoms with Gasteiger partial charge in [0, 0.05) is 13.2 Å². The highest BCUT2D eigenvalue weighted by Crippen LogP contribution is 2.17.